The molecule has 0 aromatic carbocycles. The highest BCUT2D eigenvalue weighted by Gasteiger charge is 2.24. The number of amides is 1. The predicted octanol–water partition coefficient (Wildman–Crippen LogP) is 1.86. The lowest BCUT2D eigenvalue weighted by molar-refractivity contribution is -0.386. The molecule has 22 heavy (non-hydrogen) atoms. The molecule has 0 spiro atoms. The van der Waals surface area contributed by atoms with Crippen LogP contribution in [0.5, 0.6) is 0 Å². The van der Waals surface area contributed by atoms with Crippen molar-refractivity contribution in [2.24, 2.45) is 0 Å². The lowest BCUT2D eigenvalue weighted by Crippen LogP contribution is -2.41. The number of nitro groups is 1. The molecule has 1 heterocycles. The molecule has 0 unspecified atom stereocenters. The average Bonchev–Trinajstić information content (AvgIpc) is 2.50. The van der Waals surface area contributed by atoms with Gasteiger partial charge in [-0.25, -0.2) is 0 Å². The Balaban J connectivity index is 2.19. The number of hydrogen-bond donors (Lipinski definition) is 0. The van der Waals surface area contributed by atoms with Gasteiger partial charge < -0.3 is 4.90 Å². The van der Waals surface area contributed by atoms with E-state index in [1.807, 2.05) is 0 Å². The van der Waals surface area contributed by atoms with Crippen LogP contribution in [-0.4, -0.2) is 33.4 Å². The zero-order valence-corrected chi connectivity index (χ0v) is 12.9. The van der Waals surface area contributed by atoms with E-state index in [0.29, 0.717) is 0 Å². The number of carbonyl (C=O) groups is 1. The van der Waals surface area contributed by atoms with Gasteiger partial charge in [0.05, 0.1) is 10.6 Å². The maximum Gasteiger partial charge on any atom is 0.288 e. The van der Waals surface area contributed by atoms with Gasteiger partial charge in [0.15, 0.2) is 0 Å². The molecule has 2 rings (SSSR count). The topological polar surface area (TPSA) is 85.5 Å². The molecule has 0 N–H and O–H groups in total. The summed E-state index contributed by atoms with van der Waals surface area (Å²) >= 11 is 0. The zero-order chi connectivity index (χ0) is 16.3. The van der Waals surface area contributed by atoms with E-state index in [4.69, 9.17) is 0 Å². The van der Waals surface area contributed by atoms with Gasteiger partial charge in [0, 0.05) is 25.2 Å². The number of nitrogens with zero attached hydrogens (tertiary/aromatic N) is 3. The van der Waals surface area contributed by atoms with Crippen molar-refractivity contribution in [3.05, 3.63) is 38.3 Å². The van der Waals surface area contributed by atoms with Crippen LogP contribution in [0.2, 0.25) is 0 Å². The molecule has 1 aromatic heterocycles. The van der Waals surface area contributed by atoms with E-state index in [1.165, 1.54) is 24.0 Å². The molecule has 1 amide bonds. The monoisotopic (exact) mass is 307 g/mol. The molecule has 120 valence electrons. The standard InChI is InChI=1S/C15H21N3O4/c1-11-13(18(21)22)8-9-14(19)17(11)10-15(20)16(2)12-6-4-3-5-7-12/h8-9,12H,3-7,10H2,1-2H3. The Labute approximate surface area is 128 Å². The minimum absolute atomic E-state index is 0.146. The summed E-state index contributed by atoms with van der Waals surface area (Å²) in [7, 11) is 1.75. The quantitative estimate of drug-likeness (QED) is 0.627. The SMILES string of the molecule is Cc1c([N+](=O)[O-])ccc(=O)n1CC(=O)N(C)C1CCCCC1. The van der Waals surface area contributed by atoms with Gasteiger partial charge in [0.1, 0.15) is 6.54 Å². The highest BCUT2D eigenvalue weighted by molar-refractivity contribution is 5.76. The summed E-state index contributed by atoms with van der Waals surface area (Å²) in [6.07, 6.45) is 5.37. The molecule has 1 aliphatic rings. The molecule has 0 saturated heterocycles. The fraction of sp³-hybridized carbons (Fsp3) is 0.600. The first-order valence-corrected chi connectivity index (χ1v) is 7.52. The average molecular weight is 307 g/mol. The summed E-state index contributed by atoms with van der Waals surface area (Å²) in [5.74, 6) is -0.183. The summed E-state index contributed by atoms with van der Waals surface area (Å²) in [5, 5.41) is 10.9. The number of carbonyl (C=O) groups excluding carboxylic acids is 1. The van der Waals surface area contributed by atoms with Crippen LogP contribution in [0.15, 0.2) is 16.9 Å². The summed E-state index contributed by atoms with van der Waals surface area (Å²) in [4.78, 5) is 36.4. The second-order valence-electron chi connectivity index (χ2n) is 5.78. The summed E-state index contributed by atoms with van der Waals surface area (Å²) < 4.78 is 1.18. The van der Waals surface area contributed by atoms with Crippen LogP contribution in [0.4, 0.5) is 5.69 Å². The predicted molar refractivity (Wildman–Crippen MR) is 81.7 cm³/mol. The third-order valence-corrected chi connectivity index (χ3v) is 4.43. The van der Waals surface area contributed by atoms with Gasteiger partial charge in [-0.05, 0) is 19.8 Å². The molecule has 1 aromatic rings. The first kappa shape index (κ1) is 16.2. The van der Waals surface area contributed by atoms with E-state index in [1.54, 1.807) is 11.9 Å². The second-order valence-corrected chi connectivity index (χ2v) is 5.78. The Kier molecular flexibility index (Phi) is 4.95. The van der Waals surface area contributed by atoms with Gasteiger partial charge in [-0.1, -0.05) is 19.3 Å². The van der Waals surface area contributed by atoms with E-state index in [-0.39, 0.29) is 29.9 Å². The highest BCUT2D eigenvalue weighted by Crippen LogP contribution is 2.22. The first-order chi connectivity index (χ1) is 10.4. The molecule has 0 atom stereocenters. The molecule has 7 nitrogen and oxygen atoms in total. The van der Waals surface area contributed by atoms with E-state index >= 15 is 0 Å². The van der Waals surface area contributed by atoms with Crippen molar-refractivity contribution in [2.75, 3.05) is 7.05 Å². The van der Waals surface area contributed by atoms with Crippen molar-refractivity contribution in [2.45, 2.75) is 51.6 Å². The van der Waals surface area contributed by atoms with Gasteiger partial charge in [-0.3, -0.25) is 24.3 Å². The fourth-order valence-electron chi connectivity index (χ4n) is 2.97. The number of rotatable bonds is 4. The maximum atomic E-state index is 12.4. The van der Waals surface area contributed by atoms with Gasteiger partial charge in [-0.2, -0.15) is 0 Å². The van der Waals surface area contributed by atoms with Gasteiger partial charge in [0.25, 0.3) is 11.2 Å². The number of aromatic nitrogens is 1. The molecular weight excluding hydrogens is 286 g/mol. The van der Waals surface area contributed by atoms with E-state index < -0.39 is 10.5 Å². The molecule has 1 saturated carbocycles. The first-order valence-electron chi connectivity index (χ1n) is 7.52. The second kappa shape index (κ2) is 6.72. The Morgan fingerprint density at radius 2 is 2.00 bits per heavy atom. The molecule has 7 heteroatoms. The van der Waals surface area contributed by atoms with Crippen molar-refractivity contribution in [3.8, 4) is 0 Å². The van der Waals surface area contributed by atoms with Crippen molar-refractivity contribution >= 4 is 11.6 Å². The molecule has 0 bridgehead atoms. The number of hydrogen-bond acceptors (Lipinski definition) is 4. The lowest BCUT2D eigenvalue weighted by atomic mass is 9.94. The highest BCUT2D eigenvalue weighted by atomic mass is 16.6. The smallest absolute Gasteiger partial charge is 0.288 e. The van der Waals surface area contributed by atoms with E-state index in [0.717, 1.165) is 31.7 Å². The Morgan fingerprint density at radius 3 is 2.59 bits per heavy atom. The molecule has 1 fully saturated rings. The molecular formula is C15H21N3O4. The number of pyridine rings is 1. The largest absolute Gasteiger partial charge is 0.341 e. The van der Waals surface area contributed by atoms with Crippen LogP contribution in [0.1, 0.15) is 37.8 Å². The Bertz CT molecular complexity index is 632. The third kappa shape index (κ3) is 3.35. The lowest BCUT2D eigenvalue weighted by Gasteiger charge is -2.31. The van der Waals surface area contributed by atoms with Crippen molar-refractivity contribution in [1.29, 1.82) is 0 Å². The number of likely N-dealkylation sites (N-methyl/N-ethyl adjacent to an activating group) is 1. The van der Waals surface area contributed by atoms with Crippen LogP contribution in [0.25, 0.3) is 0 Å². The van der Waals surface area contributed by atoms with Crippen LogP contribution >= 0.6 is 0 Å². The van der Waals surface area contributed by atoms with Crippen LogP contribution in [0, 0.1) is 17.0 Å². The minimum Gasteiger partial charge on any atom is -0.341 e. The van der Waals surface area contributed by atoms with Crippen molar-refractivity contribution in [3.63, 3.8) is 0 Å². The van der Waals surface area contributed by atoms with E-state index in [9.17, 15) is 19.7 Å². The molecule has 1 aliphatic carbocycles. The Hall–Kier alpha value is -2.18. The van der Waals surface area contributed by atoms with Crippen LogP contribution in [-0.2, 0) is 11.3 Å². The maximum absolute atomic E-state index is 12.4. The van der Waals surface area contributed by atoms with Crippen molar-refractivity contribution in [1.82, 2.24) is 9.47 Å². The fourth-order valence-corrected chi connectivity index (χ4v) is 2.97. The molecule has 0 aliphatic heterocycles. The third-order valence-electron chi connectivity index (χ3n) is 4.43. The van der Waals surface area contributed by atoms with Gasteiger partial charge in [-0.15, -0.1) is 0 Å². The van der Waals surface area contributed by atoms with Gasteiger partial charge >= 0.3 is 0 Å². The summed E-state index contributed by atoms with van der Waals surface area (Å²) in [6.45, 7) is 1.34. The zero-order valence-electron chi connectivity index (χ0n) is 12.9. The van der Waals surface area contributed by atoms with Crippen LogP contribution in [0.3, 0.4) is 0 Å². The van der Waals surface area contributed by atoms with Crippen LogP contribution < -0.4 is 5.56 Å². The van der Waals surface area contributed by atoms with Crippen molar-refractivity contribution < 1.29 is 9.72 Å². The van der Waals surface area contributed by atoms with E-state index in [2.05, 4.69) is 0 Å². The minimum atomic E-state index is -0.541. The Morgan fingerprint density at radius 1 is 1.36 bits per heavy atom. The summed E-state index contributed by atoms with van der Waals surface area (Å²) in [5.41, 5.74) is -0.330. The normalized spacial score (nSPS) is 15.5. The van der Waals surface area contributed by atoms with Gasteiger partial charge in [0.2, 0.25) is 5.91 Å². The summed E-state index contributed by atoms with van der Waals surface area (Å²) in [6, 6.07) is 2.53. The molecule has 0 radical (unpaired) electrons.